The highest BCUT2D eigenvalue weighted by Gasteiger charge is 2.23. The van der Waals surface area contributed by atoms with Gasteiger partial charge >= 0.3 is 0 Å². The van der Waals surface area contributed by atoms with Crippen LogP contribution in [0.5, 0.6) is 5.75 Å². The van der Waals surface area contributed by atoms with Crippen molar-refractivity contribution in [1.29, 1.82) is 0 Å². The van der Waals surface area contributed by atoms with Crippen LogP contribution in [0.3, 0.4) is 0 Å². The number of aliphatic hydroxyl groups excluding tert-OH is 1. The second kappa shape index (κ2) is 7.92. The summed E-state index contributed by atoms with van der Waals surface area (Å²) in [5.74, 6) is 2.35. The van der Waals surface area contributed by atoms with E-state index in [-0.39, 0.29) is 0 Å². The SMILES string of the molecule is Cc1ccc(OCC(O)CN(C)C2CCS(=O)CC2)cc1. The van der Waals surface area contributed by atoms with E-state index >= 15 is 0 Å². The van der Waals surface area contributed by atoms with Crippen molar-refractivity contribution in [2.75, 3.05) is 31.7 Å². The minimum Gasteiger partial charge on any atom is -0.491 e. The Morgan fingerprint density at radius 1 is 1.33 bits per heavy atom. The number of hydrogen-bond donors (Lipinski definition) is 1. The maximum Gasteiger partial charge on any atom is 0.119 e. The molecule has 1 aliphatic heterocycles. The third-order valence-electron chi connectivity index (χ3n) is 3.94. The Balaban J connectivity index is 1.72. The van der Waals surface area contributed by atoms with Gasteiger partial charge in [-0.2, -0.15) is 0 Å². The van der Waals surface area contributed by atoms with Crippen LogP contribution in [-0.2, 0) is 10.8 Å². The van der Waals surface area contributed by atoms with Gasteiger partial charge in [-0.3, -0.25) is 4.21 Å². The predicted octanol–water partition coefficient (Wildman–Crippen LogP) is 1.58. The molecule has 2 rings (SSSR count). The molecule has 21 heavy (non-hydrogen) atoms. The fraction of sp³-hybridized carbons (Fsp3) is 0.625. The number of benzene rings is 1. The Morgan fingerprint density at radius 2 is 1.95 bits per heavy atom. The van der Waals surface area contributed by atoms with Gasteiger partial charge in [0.25, 0.3) is 0 Å². The van der Waals surface area contributed by atoms with Crippen molar-refractivity contribution < 1.29 is 14.1 Å². The van der Waals surface area contributed by atoms with Gasteiger partial charge in [0.05, 0.1) is 0 Å². The summed E-state index contributed by atoms with van der Waals surface area (Å²) in [6, 6.07) is 8.26. The molecule has 0 radical (unpaired) electrons. The maximum atomic E-state index is 11.4. The van der Waals surface area contributed by atoms with Gasteiger partial charge in [-0.15, -0.1) is 0 Å². The van der Waals surface area contributed by atoms with Gasteiger partial charge in [-0.25, -0.2) is 0 Å². The smallest absolute Gasteiger partial charge is 0.119 e. The Kier molecular flexibility index (Phi) is 6.21. The van der Waals surface area contributed by atoms with Gasteiger partial charge in [0.15, 0.2) is 0 Å². The van der Waals surface area contributed by atoms with Gasteiger partial charge in [0, 0.05) is 34.9 Å². The number of likely N-dealkylation sites (N-methyl/N-ethyl adjacent to an activating group) is 1. The molecule has 1 N–H and O–H groups in total. The van der Waals surface area contributed by atoms with Crippen molar-refractivity contribution in [3.8, 4) is 5.75 Å². The molecule has 1 atom stereocenters. The van der Waals surface area contributed by atoms with E-state index in [1.165, 1.54) is 5.56 Å². The minimum atomic E-state index is -0.634. The monoisotopic (exact) mass is 311 g/mol. The standard InChI is InChI=1S/C16H25NO3S/c1-13-3-5-16(6-4-13)20-12-15(18)11-17(2)14-7-9-21(19)10-8-14/h3-6,14-15,18H,7-12H2,1-2H3. The lowest BCUT2D eigenvalue weighted by Gasteiger charge is -2.32. The zero-order chi connectivity index (χ0) is 15.2. The molecular formula is C16H25NO3S. The molecule has 0 amide bonds. The molecule has 4 nitrogen and oxygen atoms in total. The van der Waals surface area contributed by atoms with Crippen LogP contribution >= 0.6 is 0 Å². The summed E-state index contributed by atoms with van der Waals surface area (Å²) in [7, 11) is 1.39. The van der Waals surface area contributed by atoms with Gasteiger partial charge < -0.3 is 14.7 Å². The molecule has 1 aromatic rings. The average molecular weight is 311 g/mol. The highest BCUT2D eigenvalue weighted by Crippen LogP contribution is 2.16. The summed E-state index contributed by atoms with van der Waals surface area (Å²) in [4.78, 5) is 2.17. The van der Waals surface area contributed by atoms with Crippen molar-refractivity contribution in [1.82, 2.24) is 4.90 Å². The van der Waals surface area contributed by atoms with E-state index in [9.17, 15) is 9.32 Å². The molecule has 0 saturated carbocycles. The van der Waals surface area contributed by atoms with Crippen LogP contribution in [-0.4, -0.2) is 58.1 Å². The lowest BCUT2D eigenvalue weighted by Crippen LogP contribution is -2.42. The third kappa shape index (κ3) is 5.41. The average Bonchev–Trinajstić information content (AvgIpc) is 2.47. The van der Waals surface area contributed by atoms with E-state index in [4.69, 9.17) is 4.74 Å². The Bertz CT molecular complexity index is 453. The Morgan fingerprint density at radius 3 is 2.57 bits per heavy atom. The molecule has 1 aliphatic rings. The fourth-order valence-electron chi connectivity index (χ4n) is 2.58. The van der Waals surface area contributed by atoms with Crippen molar-refractivity contribution in [2.45, 2.75) is 31.9 Å². The highest BCUT2D eigenvalue weighted by molar-refractivity contribution is 7.85. The summed E-state index contributed by atoms with van der Waals surface area (Å²) in [6.45, 7) is 2.92. The molecule has 0 aromatic heterocycles. The number of hydrogen-bond acceptors (Lipinski definition) is 4. The molecule has 0 spiro atoms. The molecule has 5 heteroatoms. The summed E-state index contributed by atoms with van der Waals surface area (Å²) in [5, 5.41) is 10.1. The normalized spacial score (nSPS) is 24.0. The summed E-state index contributed by atoms with van der Waals surface area (Å²) < 4.78 is 17.0. The van der Waals surface area contributed by atoms with E-state index in [1.54, 1.807) is 0 Å². The van der Waals surface area contributed by atoms with Crippen LogP contribution in [0.1, 0.15) is 18.4 Å². The van der Waals surface area contributed by atoms with Crippen LogP contribution in [0.4, 0.5) is 0 Å². The van der Waals surface area contributed by atoms with Crippen LogP contribution in [0.25, 0.3) is 0 Å². The van der Waals surface area contributed by atoms with Crippen LogP contribution in [0, 0.1) is 6.92 Å². The number of nitrogens with zero attached hydrogens (tertiary/aromatic N) is 1. The number of aryl methyl sites for hydroxylation is 1. The van der Waals surface area contributed by atoms with Crippen LogP contribution in [0.2, 0.25) is 0 Å². The fourth-order valence-corrected chi connectivity index (χ4v) is 3.86. The van der Waals surface area contributed by atoms with E-state index in [2.05, 4.69) is 4.90 Å². The van der Waals surface area contributed by atoms with E-state index in [0.717, 1.165) is 30.1 Å². The van der Waals surface area contributed by atoms with Gasteiger partial charge in [-0.1, -0.05) is 17.7 Å². The molecular weight excluding hydrogens is 286 g/mol. The minimum absolute atomic E-state index is 0.298. The summed E-state index contributed by atoms with van der Waals surface area (Å²) >= 11 is 0. The van der Waals surface area contributed by atoms with Crippen molar-refractivity contribution in [3.63, 3.8) is 0 Å². The first-order valence-corrected chi connectivity index (χ1v) is 8.96. The number of rotatable bonds is 6. The van der Waals surface area contributed by atoms with Gasteiger partial charge in [0.2, 0.25) is 0 Å². The van der Waals surface area contributed by atoms with E-state index in [0.29, 0.717) is 19.2 Å². The predicted molar refractivity (Wildman–Crippen MR) is 86.2 cm³/mol. The molecule has 0 bridgehead atoms. The number of ether oxygens (including phenoxy) is 1. The lowest BCUT2D eigenvalue weighted by molar-refractivity contribution is 0.0614. The molecule has 1 heterocycles. The lowest BCUT2D eigenvalue weighted by atomic mass is 10.1. The Labute approximate surface area is 129 Å². The largest absolute Gasteiger partial charge is 0.491 e. The van der Waals surface area contributed by atoms with Crippen molar-refractivity contribution in [3.05, 3.63) is 29.8 Å². The molecule has 1 unspecified atom stereocenters. The second-order valence-electron chi connectivity index (χ2n) is 5.80. The molecule has 0 aliphatic carbocycles. The molecule has 118 valence electrons. The molecule has 1 aromatic carbocycles. The van der Waals surface area contributed by atoms with Gasteiger partial charge in [0.1, 0.15) is 18.5 Å². The first-order chi connectivity index (χ1) is 10.0. The first-order valence-electron chi connectivity index (χ1n) is 7.47. The van der Waals surface area contributed by atoms with E-state index < -0.39 is 16.9 Å². The highest BCUT2D eigenvalue weighted by atomic mass is 32.2. The first kappa shape index (κ1) is 16.5. The van der Waals surface area contributed by atoms with Crippen molar-refractivity contribution >= 4 is 10.8 Å². The van der Waals surface area contributed by atoms with Crippen LogP contribution < -0.4 is 4.74 Å². The second-order valence-corrected chi connectivity index (χ2v) is 7.49. The van der Waals surface area contributed by atoms with E-state index in [1.807, 2.05) is 38.2 Å². The quantitative estimate of drug-likeness (QED) is 0.866. The molecule has 1 fully saturated rings. The zero-order valence-corrected chi connectivity index (χ0v) is 13.6. The summed E-state index contributed by atoms with van der Waals surface area (Å²) in [6.07, 6.45) is 1.40. The topological polar surface area (TPSA) is 49.8 Å². The van der Waals surface area contributed by atoms with Crippen LogP contribution in [0.15, 0.2) is 24.3 Å². The van der Waals surface area contributed by atoms with Crippen molar-refractivity contribution in [2.24, 2.45) is 0 Å². The Hall–Kier alpha value is -0.910. The zero-order valence-electron chi connectivity index (χ0n) is 12.8. The van der Waals surface area contributed by atoms with Gasteiger partial charge in [-0.05, 0) is 38.9 Å². The maximum absolute atomic E-state index is 11.4. The molecule has 1 saturated heterocycles. The summed E-state index contributed by atoms with van der Waals surface area (Å²) in [5.41, 5.74) is 1.19. The number of aliphatic hydroxyl groups is 1. The third-order valence-corrected chi connectivity index (χ3v) is 5.33.